The lowest BCUT2D eigenvalue weighted by atomic mass is 10.3. The van der Waals surface area contributed by atoms with Crippen LogP contribution >= 0.6 is 0 Å². The van der Waals surface area contributed by atoms with Gasteiger partial charge in [0.2, 0.25) is 0 Å². The first-order valence-corrected chi connectivity index (χ1v) is 7.49. The van der Waals surface area contributed by atoms with Crippen molar-refractivity contribution in [3.63, 3.8) is 0 Å². The fourth-order valence-electron chi connectivity index (χ4n) is 2.50. The topological polar surface area (TPSA) is 64.9 Å². The van der Waals surface area contributed by atoms with Gasteiger partial charge >= 0.3 is 0 Å². The Morgan fingerprint density at radius 2 is 1.83 bits per heavy atom. The van der Waals surface area contributed by atoms with Crippen LogP contribution in [0.15, 0.2) is 67.3 Å². The fraction of sp³-hybridized carbons (Fsp3) is 0.0556. The maximum Gasteiger partial charge on any atom is 0.159 e. The third kappa shape index (κ3) is 2.65. The largest absolute Gasteiger partial charge is 0.497 e. The molecule has 0 radical (unpaired) electrons. The zero-order valence-corrected chi connectivity index (χ0v) is 13.0. The smallest absolute Gasteiger partial charge is 0.159 e. The van der Waals surface area contributed by atoms with E-state index >= 15 is 0 Å². The number of ether oxygens (including phenoxy) is 1. The van der Waals surface area contributed by atoms with E-state index in [1.807, 2.05) is 53.1 Å². The lowest BCUT2D eigenvalue weighted by Crippen LogP contribution is -2.01. The van der Waals surface area contributed by atoms with Gasteiger partial charge in [0.15, 0.2) is 11.6 Å². The Bertz CT molecular complexity index is 978. The van der Waals surface area contributed by atoms with Crippen molar-refractivity contribution >= 4 is 22.5 Å². The van der Waals surface area contributed by atoms with E-state index in [0.717, 1.165) is 22.5 Å². The number of hydrogen-bond acceptors (Lipinski definition) is 5. The molecule has 4 rings (SSSR count). The minimum absolute atomic E-state index is 0.662. The monoisotopic (exact) mass is 317 g/mol. The highest BCUT2D eigenvalue weighted by molar-refractivity contribution is 5.76. The molecule has 1 N–H and O–H groups in total. The number of aromatic nitrogens is 4. The van der Waals surface area contributed by atoms with E-state index in [-0.39, 0.29) is 0 Å². The molecular weight excluding hydrogens is 302 g/mol. The molecule has 2 aromatic carbocycles. The Balaban J connectivity index is 1.66. The summed E-state index contributed by atoms with van der Waals surface area (Å²) in [6, 6.07) is 15.6. The second-order valence-corrected chi connectivity index (χ2v) is 5.22. The maximum atomic E-state index is 5.16. The van der Waals surface area contributed by atoms with Crippen LogP contribution in [0, 0.1) is 0 Å². The Hall–Kier alpha value is -3.41. The van der Waals surface area contributed by atoms with Crippen LogP contribution in [0.4, 0.5) is 11.5 Å². The number of imidazole rings is 1. The average Bonchev–Trinajstić information content (AvgIpc) is 3.07. The van der Waals surface area contributed by atoms with Gasteiger partial charge in [0.25, 0.3) is 0 Å². The number of para-hydroxylation sites is 2. The van der Waals surface area contributed by atoms with E-state index < -0.39 is 0 Å². The normalized spacial score (nSPS) is 10.7. The molecule has 0 bridgehead atoms. The molecule has 0 fully saturated rings. The highest BCUT2D eigenvalue weighted by atomic mass is 16.5. The summed E-state index contributed by atoms with van der Waals surface area (Å²) in [6.07, 6.45) is 5.16. The first-order valence-electron chi connectivity index (χ1n) is 7.49. The molecule has 4 aromatic rings. The molecule has 0 unspecified atom stereocenters. The number of nitrogens with one attached hydrogen (secondary N) is 1. The van der Waals surface area contributed by atoms with Crippen molar-refractivity contribution in [3.8, 4) is 11.6 Å². The van der Waals surface area contributed by atoms with Crippen molar-refractivity contribution in [2.75, 3.05) is 12.4 Å². The van der Waals surface area contributed by atoms with E-state index in [2.05, 4.69) is 20.3 Å². The van der Waals surface area contributed by atoms with E-state index in [4.69, 9.17) is 4.74 Å². The summed E-state index contributed by atoms with van der Waals surface area (Å²) in [5, 5.41) is 3.24. The molecule has 0 saturated heterocycles. The van der Waals surface area contributed by atoms with Crippen molar-refractivity contribution in [1.82, 2.24) is 19.5 Å². The third-order valence-electron chi connectivity index (χ3n) is 3.68. The quantitative estimate of drug-likeness (QED) is 0.623. The first-order chi connectivity index (χ1) is 11.8. The third-order valence-corrected chi connectivity index (χ3v) is 3.68. The van der Waals surface area contributed by atoms with Crippen molar-refractivity contribution in [3.05, 3.63) is 67.3 Å². The molecule has 6 heteroatoms. The molecule has 0 aliphatic rings. The summed E-state index contributed by atoms with van der Waals surface area (Å²) in [7, 11) is 1.65. The number of methoxy groups -OCH3 is 1. The minimum atomic E-state index is 0.662. The summed E-state index contributed by atoms with van der Waals surface area (Å²) < 4.78 is 7.08. The van der Waals surface area contributed by atoms with E-state index in [9.17, 15) is 0 Å². The number of anilines is 2. The predicted octanol–water partition coefficient (Wildman–Crippen LogP) is 3.57. The molecule has 0 aliphatic carbocycles. The number of rotatable bonds is 4. The van der Waals surface area contributed by atoms with Crippen LogP contribution in [-0.4, -0.2) is 26.6 Å². The SMILES string of the molecule is COc1ccc(Nc2cncc(-n3cnc4ccccc43)n2)cc1. The second-order valence-electron chi connectivity index (χ2n) is 5.22. The number of fused-ring (bicyclic) bond motifs is 1. The molecule has 0 aliphatic heterocycles. The Morgan fingerprint density at radius 3 is 2.67 bits per heavy atom. The van der Waals surface area contributed by atoms with Crippen molar-refractivity contribution in [2.24, 2.45) is 0 Å². The number of nitrogens with zero attached hydrogens (tertiary/aromatic N) is 4. The van der Waals surface area contributed by atoms with Gasteiger partial charge in [-0.15, -0.1) is 0 Å². The van der Waals surface area contributed by atoms with Crippen LogP contribution < -0.4 is 10.1 Å². The summed E-state index contributed by atoms with van der Waals surface area (Å²) in [5.74, 6) is 2.18. The average molecular weight is 317 g/mol. The van der Waals surface area contributed by atoms with Crippen LogP contribution in [0.1, 0.15) is 0 Å². The van der Waals surface area contributed by atoms with Gasteiger partial charge in [0, 0.05) is 5.69 Å². The number of benzene rings is 2. The van der Waals surface area contributed by atoms with Gasteiger partial charge in [0.1, 0.15) is 12.1 Å². The molecule has 0 saturated carbocycles. The van der Waals surface area contributed by atoms with Crippen LogP contribution in [0.2, 0.25) is 0 Å². The molecular formula is C18H15N5O. The Kier molecular flexibility index (Phi) is 3.55. The molecule has 118 valence electrons. The van der Waals surface area contributed by atoms with Crippen molar-refractivity contribution in [1.29, 1.82) is 0 Å². The van der Waals surface area contributed by atoms with Gasteiger partial charge in [-0.1, -0.05) is 12.1 Å². The zero-order chi connectivity index (χ0) is 16.4. The molecule has 0 amide bonds. The van der Waals surface area contributed by atoms with Crippen molar-refractivity contribution in [2.45, 2.75) is 0 Å². The van der Waals surface area contributed by atoms with Gasteiger partial charge in [-0.2, -0.15) is 0 Å². The Morgan fingerprint density at radius 1 is 1.00 bits per heavy atom. The minimum Gasteiger partial charge on any atom is -0.497 e. The van der Waals surface area contributed by atoms with E-state index in [1.54, 1.807) is 25.8 Å². The molecule has 2 aromatic heterocycles. The van der Waals surface area contributed by atoms with Crippen molar-refractivity contribution < 1.29 is 4.74 Å². The van der Waals surface area contributed by atoms with Gasteiger partial charge in [-0.05, 0) is 36.4 Å². The molecule has 6 nitrogen and oxygen atoms in total. The van der Waals surface area contributed by atoms with Gasteiger partial charge in [-0.25, -0.2) is 9.97 Å². The molecule has 0 spiro atoms. The standard InChI is InChI=1S/C18H15N5O/c1-24-14-8-6-13(7-9-14)21-17-10-19-11-18(22-17)23-12-20-15-4-2-3-5-16(15)23/h2-12H,1H3,(H,21,22). The predicted molar refractivity (Wildman–Crippen MR) is 92.9 cm³/mol. The van der Waals surface area contributed by atoms with Crippen LogP contribution in [0.5, 0.6) is 5.75 Å². The Labute approximate surface area is 138 Å². The molecule has 2 heterocycles. The van der Waals surface area contributed by atoms with E-state index in [1.165, 1.54) is 0 Å². The number of hydrogen-bond donors (Lipinski definition) is 1. The zero-order valence-electron chi connectivity index (χ0n) is 13.0. The summed E-state index contributed by atoms with van der Waals surface area (Å²) in [4.78, 5) is 13.3. The van der Waals surface area contributed by atoms with Gasteiger partial charge in [0.05, 0.1) is 30.5 Å². The highest BCUT2D eigenvalue weighted by Gasteiger charge is 2.06. The van der Waals surface area contributed by atoms with Gasteiger partial charge in [-0.3, -0.25) is 9.55 Å². The summed E-state index contributed by atoms with van der Waals surface area (Å²) in [5.41, 5.74) is 2.83. The van der Waals surface area contributed by atoms with Crippen LogP contribution in [0.25, 0.3) is 16.9 Å². The van der Waals surface area contributed by atoms with Gasteiger partial charge < -0.3 is 10.1 Å². The first kappa shape index (κ1) is 14.2. The highest BCUT2D eigenvalue weighted by Crippen LogP contribution is 2.20. The lowest BCUT2D eigenvalue weighted by molar-refractivity contribution is 0.415. The maximum absolute atomic E-state index is 5.16. The van der Waals surface area contributed by atoms with E-state index in [0.29, 0.717) is 11.6 Å². The summed E-state index contributed by atoms with van der Waals surface area (Å²) >= 11 is 0. The summed E-state index contributed by atoms with van der Waals surface area (Å²) in [6.45, 7) is 0. The molecule has 0 atom stereocenters. The van der Waals surface area contributed by atoms with Crippen LogP contribution in [0.3, 0.4) is 0 Å². The lowest BCUT2D eigenvalue weighted by Gasteiger charge is -2.08. The second kappa shape index (κ2) is 6.00. The van der Waals surface area contributed by atoms with Crippen LogP contribution in [-0.2, 0) is 0 Å². The molecule has 24 heavy (non-hydrogen) atoms. The fourth-order valence-corrected chi connectivity index (χ4v) is 2.50.